The van der Waals surface area contributed by atoms with Crippen LogP contribution in [0.3, 0.4) is 0 Å². The van der Waals surface area contributed by atoms with Crippen molar-refractivity contribution in [1.29, 1.82) is 0 Å². The zero-order valence-corrected chi connectivity index (χ0v) is 9.47. The molecule has 4 heteroatoms. The molecule has 0 heterocycles. The summed E-state index contributed by atoms with van der Waals surface area (Å²) in [4.78, 5) is 13.3. The molecule has 0 aliphatic heterocycles. The summed E-state index contributed by atoms with van der Waals surface area (Å²) in [6, 6.07) is 0.0868. The molecule has 1 amide bonds. The maximum Gasteiger partial charge on any atom is 0.240 e. The van der Waals surface area contributed by atoms with Gasteiger partial charge in [-0.15, -0.1) is 11.6 Å². The minimum absolute atomic E-state index is 0.0336. The van der Waals surface area contributed by atoms with Crippen molar-refractivity contribution in [3.8, 4) is 0 Å². The van der Waals surface area contributed by atoms with Crippen LogP contribution in [-0.4, -0.2) is 42.5 Å². The van der Waals surface area contributed by atoms with Crippen LogP contribution < -0.4 is 0 Å². The summed E-state index contributed by atoms with van der Waals surface area (Å²) >= 11 is 5.71. The van der Waals surface area contributed by atoms with Crippen molar-refractivity contribution in [2.75, 3.05) is 20.3 Å². The number of amides is 1. The summed E-state index contributed by atoms with van der Waals surface area (Å²) < 4.78 is 4.98. The summed E-state index contributed by atoms with van der Waals surface area (Å²) in [7, 11) is 1.62. The lowest BCUT2D eigenvalue weighted by atomic mass is 10.2. The normalized spacial score (nSPS) is 15.2. The molecule has 0 saturated carbocycles. The molecule has 0 spiro atoms. The van der Waals surface area contributed by atoms with E-state index in [9.17, 15) is 4.79 Å². The van der Waals surface area contributed by atoms with Crippen molar-refractivity contribution in [2.45, 2.75) is 32.2 Å². The van der Waals surface area contributed by atoms with Crippen molar-refractivity contribution in [2.24, 2.45) is 0 Å². The van der Waals surface area contributed by atoms with E-state index in [1.54, 1.807) is 18.9 Å². The van der Waals surface area contributed by atoms with Gasteiger partial charge in [0.1, 0.15) is 5.38 Å². The zero-order chi connectivity index (χ0) is 10.4. The average Bonchev–Trinajstić information content (AvgIpc) is 2.05. The standard InChI is InChI=1S/C9H18ClNO2/c1-5-11(7(2)6-13-4)9(12)8(3)10/h7-8H,5-6H2,1-4H3. The molecule has 0 radical (unpaired) electrons. The number of ether oxygens (including phenoxy) is 1. The van der Waals surface area contributed by atoms with Crippen LogP contribution in [0.4, 0.5) is 0 Å². The summed E-state index contributed by atoms with van der Waals surface area (Å²) in [5, 5.41) is -0.459. The number of alkyl halides is 1. The third-order valence-corrected chi connectivity index (χ3v) is 2.09. The van der Waals surface area contributed by atoms with E-state index in [2.05, 4.69) is 0 Å². The predicted octanol–water partition coefficient (Wildman–Crippen LogP) is 1.50. The maximum atomic E-state index is 11.5. The van der Waals surface area contributed by atoms with Crippen molar-refractivity contribution < 1.29 is 9.53 Å². The van der Waals surface area contributed by atoms with Gasteiger partial charge in [0.05, 0.1) is 12.6 Å². The van der Waals surface area contributed by atoms with Crippen molar-refractivity contribution in [3.63, 3.8) is 0 Å². The molecule has 0 rings (SSSR count). The lowest BCUT2D eigenvalue weighted by Crippen LogP contribution is -2.43. The molecular weight excluding hydrogens is 190 g/mol. The number of halogens is 1. The molecule has 0 fully saturated rings. The lowest BCUT2D eigenvalue weighted by Gasteiger charge is -2.28. The first kappa shape index (κ1) is 12.7. The Bertz CT molecular complexity index is 162. The Morgan fingerprint density at radius 2 is 2.08 bits per heavy atom. The van der Waals surface area contributed by atoms with Crippen molar-refractivity contribution in [3.05, 3.63) is 0 Å². The van der Waals surface area contributed by atoms with Gasteiger partial charge < -0.3 is 9.64 Å². The number of carbonyl (C=O) groups excluding carboxylic acids is 1. The van der Waals surface area contributed by atoms with Crippen LogP contribution in [0.2, 0.25) is 0 Å². The van der Waals surface area contributed by atoms with E-state index >= 15 is 0 Å². The van der Waals surface area contributed by atoms with Gasteiger partial charge in [0.15, 0.2) is 0 Å². The molecule has 0 aromatic heterocycles. The minimum Gasteiger partial charge on any atom is -0.383 e. The fraction of sp³-hybridized carbons (Fsp3) is 0.889. The molecule has 0 saturated heterocycles. The van der Waals surface area contributed by atoms with E-state index in [1.807, 2.05) is 13.8 Å². The van der Waals surface area contributed by atoms with Crippen LogP contribution in [0, 0.1) is 0 Å². The average molecular weight is 208 g/mol. The van der Waals surface area contributed by atoms with Crippen LogP contribution in [0.15, 0.2) is 0 Å². The molecule has 3 nitrogen and oxygen atoms in total. The van der Waals surface area contributed by atoms with E-state index in [0.717, 1.165) is 0 Å². The third kappa shape index (κ3) is 3.96. The maximum absolute atomic E-state index is 11.5. The second-order valence-corrected chi connectivity index (χ2v) is 3.70. The topological polar surface area (TPSA) is 29.5 Å². The van der Waals surface area contributed by atoms with E-state index < -0.39 is 5.38 Å². The third-order valence-electron chi connectivity index (χ3n) is 1.90. The van der Waals surface area contributed by atoms with Crippen LogP contribution in [0.25, 0.3) is 0 Å². The molecule has 0 N–H and O–H groups in total. The summed E-state index contributed by atoms with van der Waals surface area (Å²) in [6.07, 6.45) is 0. The Kier molecular flexibility index (Phi) is 6.08. The highest BCUT2D eigenvalue weighted by Gasteiger charge is 2.21. The van der Waals surface area contributed by atoms with E-state index in [4.69, 9.17) is 16.3 Å². The first-order valence-corrected chi connectivity index (χ1v) is 4.91. The van der Waals surface area contributed by atoms with Crippen molar-refractivity contribution >= 4 is 17.5 Å². The van der Waals surface area contributed by atoms with E-state index in [1.165, 1.54) is 0 Å². The number of carbonyl (C=O) groups is 1. The van der Waals surface area contributed by atoms with Crippen LogP contribution in [-0.2, 0) is 9.53 Å². The number of methoxy groups -OCH3 is 1. The zero-order valence-electron chi connectivity index (χ0n) is 8.71. The quantitative estimate of drug-likeness (QED) is 0.640. The highest BCUT2D eigenvalue weighted by atomic mass is 35.5. The number of hydrogen-bond acceptors (Lipinski definition) is 2. The van der Waals surface area contributed by atoms with Crippen molar-refractivity contribution in [1.82, 2.24) is 4.90 Å². The molecule has 78 valence electrons. The molecule has 2 atom stereocenters. The number of nitrogens with zero attached hydrogens (tertiary/aromatic N) is 1. The van der Waals surface area contributed by atoms with E-state index in [0.29, 0.717) is 13.2 Å². The molecule has 0 aromatic carbocycles. The smallest absolute Gasteiger partial charge is 0.240 e. The van der Waals surface area contributed by atoms with Gasteiger partial charge in [-0.25, -0.2) is 0 Å². The van der Waals surface area contributed by atoms with Gasteiger partial charge in [-0.05, 0) is 20.8 Å². The van der Waals surface area contributed by atoms with Crippen LogP contribution >= 0.6 is 11.6 Å². The Morgan fingerprint density at radius 1 is 1.54 bits per heavy atom. The first-order chi connectivity index (χ1) is 6.04. The second-order valence-electron chi connectivity index (χ2n) is 3.04. The Labute approximate surface area is 85.0 Å². The largest absolute Gasteiger partial charge is 0.383 e. The SMILES string of the molecule is CCN(C(=O)C(C)Cl)C(C)COC. The van der Waals surface area contributed by atoms with Gasteiger partial charge in [0.25, 0.3) is 0 Å². The van der Waals surface area contributed by atoms with Crippen LogP contribution in [0.5, 0.6) is 0 Å². The number of rotatable bonds is 5. The highest BCUT2D eigenvalue weighted by Crippen LogP contribution is 2.06. The molecular formula is C9H18ClNO2. The lowest BCUT2D eigenvalue weighted by molar-refractivity contribution is -0.133. The number of likely N-dealkylation sites (N-methyl/N-ethyl adjacent to an activating group) is 1. The molecule has 13 heavy (non-hydrogen) atoms. The fourth-order valence-electron chi connectivity index (χ4n) is 1.24. The summed E-state index contributed by atoms with van der Waals surface area (Å²) in [6.45, 7) is 6.78. The Morgan fingerprint density at radius 3 is 2.38 bits per heavy atom. The fourth-order valence-corrected chi connectivity index (χ4v) is 1.37. The molecule has 2 unspecified atom stereocenters. The van der Waals surface area contributed by atoms with Gasteiger partial charge in [-0.2, -0.15) is 0 Å². The molecule has 0 aromatic rings. The van der Waals surface area contributed by atoms with Gasteiger partial charge in [-0.3, -0.25) is 4.79 Å². The minimum atomic E-state index is -0.459. The monoisotopic (exact) mass is 207 g/mol. The van der Waals surface area contributed by atoms with Gasteiger partial charge in [0, 0.05) is 13.7 Å². The Balaban J connectivity index is 4.23. The molecule has 0 aliphatic carbocycles. The highest BCUT2D eigenvalue weighted by molar-refractivity contribution is 6.30. The first-order valence-electron chi connectivity index (χ1n) is 4.48. The predicted molar refractivity (Wildman–Crippen MR) is 54.0 cm³/mol. The number of hydrogen-bond donors (Lipinski definition) is 0. The summed E-state index contributed by atoms with van der Waals surface area (Å²) in [5.74, 6) is -0.0336. The van der Waals surface area contributed by atoms with Gasteiger partial charge in [0.2, 0.25) is 5.91 Å². The van der Waals surface area contributed by atoms with Gasteiger partial charge >= 0.3 is 0 Å². The van der Waals surface area contributed by atoms with Crippen LogP contribution in [0.1, 0.15) is 20.8 Å². The second kappa shape index (κ2) is 6.22. The van der Waals surface area contributed by atoms with E-state index in [-0.39, 0.29) is 11.9 Å². The molecule has 0 bridgehead atoms. The Hall–Kier alpha value is -0.280. The van der Waals surface area contributed by atoms with Gasteiger partial charge in [-0.1, -0.05) is 0 Å². The summed E-state index contributed by atoms with van der Waals surface area (Å²) in [5.41, 5.74) is 0. The molecule has 0 aliphatic rings.